The van der Waals surface area contributed by atoms with Crippen molar-refractivity contribution in [1.29, 1.82) is 0 Å². The molecule has 6 nitrogen and oxygen atoms in total. The number of nitrogens with zero attached hydrogens (tertiary/aromatic N) is 4. The Hall–Kier alpha value is -1.76. The Morgan fingerprint density at radius 1 is 1.47 bits per heavy atom. The van der Waals surface area contributed by atoms with Crippen LogP contribution in [0.5, 0.6) is 0 Å². The smallest absolute Gasteiger partial charge is 0.226 e. The van der Waals surface area contributed by atoms with Gasteiger partial charge in [-0.05, 0) is 28.1 Å². The van der Waals surface area contributed by atoms with Crippen molar-refractivity contribution in [2.24, 2.45) is 0 Å². The van der Waals surface area contributed by atoms with Crippen LogP contribution in [0.3, 0.4) is 0 Å². The van der Waals surface area contributed by atoms with E-state index in [1.807, 2.05) is 0 Å². The molecule has 7 heteroatoms. The molecule has 0 aliphatic heterocycles. The number of aromatic nitrogens is 4. The van der Waals surface area contributed by atoms with Gasteiger partial charge in [-0.3, -0.25) is 9.48 Å². The first-order valence-electron chi connectivity index (χ1n) is 5.00. The average Bonchev–Trinajstić information content (AvgIpc) is 2.82. The largest absolute Gasteiger partial charge is 0.324 e. The van der Waals surface area contributed by atoms with Crippen LogP contribution in [0.2, 0.25) is 0 Å². The molecule has 0 spiro atoms. The Morgan fingerprint density at radius 2 is 2.35 bits per heavy atom. The van der Waals surface area contributed by atoms with Crippen LogP contribution in [0.1, 0.15) is 6.42 Å². The third-order valence-corrected chi connectivity index (χ3v) is 2.70. The molecule has 1 N–H and O–H groups in total. The van der Waals surface area contributed by atoms with Gasteiger partial charge >= 0.3 is 0 Å². The van der Waals surface area contributed by atoms with Crippen molar-refractivity contribution in [3.63, 3.8) is 0 Å². The minimum atomic E-state index is -0.0887. The number of halogens is 1. The van der Waals surface area contributed by atoms with Crippen LogP contribution in [0.15, 0.2) is 35.3 Å². The summed E-state index contributed by atoms with van der Waals surface area (Å²) in [5.74, 6) is -0.0887. The first-order valence-corrected chi connectivity index (χ1v) is 5.79. The summed E-state index contributed by atoms with van der Waals surface area (Å²) >= 11 is 3.26. The maximum Gasteiger partial charge on any atom is 0.226 e. The van der Waals surface area contributed by atoms with Gasteiger partial charge in [0.25, 0.3) is 0 Å². The fourth-order valence-electron chi connectivity index (χ4n) is 1.26. The van der Waals surface area contributed by atoms with E-state index >= 15 is 0 Å². The fraction of sp³-hybridized carbons (Fsp3) is 0.200. The molecule has 0 radical (unpaired) electrons. The molecule has 2 heterocycles. The van der Waals surface area contributed by atoms with Crippen LogP contribution >= 0.6 is 15.9 Å². The second kappa shape index (κ2) is 5.53. The van der Waals surface area contributed by atoms with Gasteiger partial charge in [-0.25, -0.2) is 4.98 Å². The number of carbonyl (C=O) groups excluding carboxylic acids is 1. The molecule has 17 heavy (non-hydrogen) atoms. The Kier molecular flexibility index (Phi) is 3.81. The molecule has 0 aliphatic carbocycles. The summed E-state index contributed by atoms with van der Waals surface area (Å²) in [6, 6.07) is 3.54. The van der Waals surface area contributed by atoms with Gasteiger partial charge in [0.15, 0.2) is 0 Å². The minimum Gasteiger partial charge on any atom is -0.324 e. The zero-order chi connectivity index (χ0) is 12.1. The van der Waals surface area contributed by atoms with Crippen LogP contribution in [-0.4, -0.2) is 25.9 Å². The maximum absolute atomic E-state index is 11.6. The van der Waals surface area contributed by atoms with Crippen LogP contribution < -0.4 is 5.32 Å². The molecular formula is C10H10BrN5O. The van der Waals surface area contributed by atoms with Crippen molar-refractivity contribution >= 4 is 27.5 Å². The number of carbonyl (C=O) groups is 1. The van der Waals surface area contributed by atoms with Crippen LogP contribution in [0.4, 0.5) is 5.69 Å². The van der Waals surface area contributed by atoms with E-state index in [0.717, 1.165) is 0 Å². The number of rotatable bonds is 4. The van der Waals surface area contributed by atoms with E-state index in [-0.39, 0.29) is 5.91 Å². The number of hydrogen-bond donors (Lipinski definition) is 1. The van der Waals surface area contributed by atoms with E-state index in [1.165, 1.54) is 0 Å². The third-order valence-electron chi connectivity index (χ3n) is 2.07. The van der Waals surface area contributed by atoms with Gasteiger partial charge in [-0.1, -0.05) is 5.21 Å². The van der Waals surface area contributed by atoms with Gasteiger partial charge in [-0.2, -0.15) is 0 Å². The Bertz CT molecular complexity index is 499. The highest BCUT2D eigenvalue weighted by atomic mass is 79.9. The normalized spacial score (nSPS) is 10.2. The van der Waals surface area contributed by atoms with Crippen LogP contribution in [-0.2, 0) is 11.3 Å². The van der Waals surface area contributed by atoms with Gasteiger partial charge in [-0.15, -0.1) is 5.10 Å². The summed E-state index contributed by atoms with van der Waals surface area (Å²) in [5, 5.41) is 10.2. The molecule has 0 aromatic carbocycles. The van der Waals surface area contributed by atoms with E-state index in [2.05, 4.69) is 36.5 Å². The predicted octanol–water partition coefficient (Wildman–Crippen LogP) is 1.46. The van der Waals surface area contributed by atoms with Crippen molar-refractivity contribution < 1.29 is 4.79 Å². The SMILES string of the molecule is O=C(CCn1ccnn1)Nc1cccnc1Br. The summed E-state index contributed by atoms with van der Waals surface area (Å²) in [6.07, 6.45) is 5.28. The average molecular weight is 296 g/mol. The molecule has 0 saturated heterocycles. The molecule has 0 bridgehead atoms. The Balaban J connectivity index is 1.87. The first-order chi connectivity index (χ1) is 8.25. The molecule has 2 rings (SSSR count). The van der Waals surface area contributed by atoms with Crippen LogP contribution in [0.25, 0.3) is 0 Å². The number of pyridine rings is 1. The highest BCUT2D eigenvalue weighted by Gasteiger charge is 2.06. The molecule has 0 fully saturated rings. The molecule has 2 aromatic rings. The predicted molar refractivity (Wildman–Crippen MR) is 65.2 cm³/mol. The summed E-state index contributed by atoms with van der Waals surface area (Å²) in [4.78, 5) is 15.7. The minimum absolute atomic E-state index is 0.0887. The van der Waals surface area contributed by atoms with Crippen molar-refractivity contribution in [1.82, 2.24) is 20.0 Å². The van der Waals surface area contributed by atoms with Gasteiger partial charge in [0, 0.05) is 18.8 Å². The summed E-state index contributed by atoms with van der Waals surface area (Å²) in [5.41, 5.74) is 0.663. The molecule has 0 saturated carbocycles. The summed E-state index contributed by atoms with van der Waals surface area (Å²) in [6.45, 7) is 0.504. The van der Waals surface area contributed by atoms with Gasteiger partial charge < -0.3 is 5.32 Å². The zero-order valence-corrected chi connectivity index (χ0v) is 10.5. The molecule has 0 aliphatic rings. The van der Waals surface area contributed by atoms with Gasteiger partial charge in [0.05, 0.1) is 18.4 Å². The second-order valence-electron chi connectivity index (χ2n) is 3.31. The van der Waals surface area contributed by atoms with Gasteiger partial charge in [0.1, 0.15) is 4.60 Å². The number of anilines is 1. The van der Waals surface area contributed by atoms with Crippen molar-refractivity contribution in [3.05, 3.63) is 35.3 Å². The zero-order valence-electron chi connectivity index (χ0n) is 8.88. The lowest BCUT2D eigenvalue weighted by atomic mass is 10.3. The number of aryl methyl sites for hydroxylation is 1. The van der Waals surface area contributed by atoms with E-state index in [9.17, 15) is 4.79 Å². The third kappa shape index (κ3) is 3.35. The lowest BCUT2D eigenvalue weighted by molar-refractivity contribution is -0.116. The molecule has 1 amide bonds. The molecule has 0 atom stereocenters. The fourth-order valence-corrected chi connectivity index (χ4v) is 1.61. The van der Waals surface area contributed by atoms with E-state index < -0.39 is 0 Å². The van der Waals surface area contributed by atoms with Crippen molar-refractivity contribution in [3.8, 4) is 0 Å². The number of nitrogens with one attached hydrogen (secondary N) is 1. The van der Waals surface area contributed by atoms with Crippen molar-refractivity contribution in [2.45, 2.75) is 13.0 Å². The summed E-state index contributed by atoms with van der Waals surface area (Å²) < 4.78 is 2.23. The number of amides is 1. The Morgan fingerprint density at radius 3 is 3.06 bits per heavy atom. The lowest BCUT2D eigenvalue weighted by Gasteiger charge is -2.06. The first kappa shape index (κ1) is 11.7. The lowest BCUT2D eigenvalue weighted by Crippen LogP contribution is -2.15. The highest BCUT2D eigenvalue weighted by molar-refractivity contribution is 9.10. The highest BCUT2D eigenvalue weighted by Crippen LogP contribution is 2.18. The standard InChI is InChI=1S/C10H10BrN5O/c11-10-8(2-1-4-12-10)14-9(17)3-6-16-7-5-13-15-16/h1-2,4-5,7H,3,6H2,(H,14,17). The number of hydrogen-bond acceptors (Lipinski definition) is 4. The van der Waals surface area contributed by atoms with E-state index in [0.29, 0.717) is 23.3 Å². The topological polar surface area (TPSA) is 72.7 Å². The Labute approximate surface area is 106 Å². The maximum atomic E-state index is 11.6. The second-order valence-corrected chi connectivity index (χ2v) is 4.06. The summed E-state index contributed by atoms with van der Waals surface area (Å²) in [7, 11) is 0. The quantitative estimate of drug-likeness (QED) is 0.867. The van der Waals surface area contributed by atoms with Crippen LogP contribution in [0, 0.1) is 0 Å². The van der Waals surface area contributed by atoms with E-state index in [1.54, 1.807) is 35.4 Å². The molecule has 2 aromatic heterocycles. The monoisotopic (exact) mass is 295 g/mol. The molecule has 88 valence electrons. The van der Waals surface area contributed by atoms with Gasteiger partial charge in [0.2, 0.25) is 5.91 Å². The van der Waals surface area contributed by atoms with E-state index in [4.69, 9.17) is 0 Å². The van der Waals surface area contributed by atoms with Crippen molar-refractivity contribution in [2.75, 3.05) is 5.32 Å². The molecule has 0 unspecified atom stereocenters. The molecular weight excluding hydrogens is 286 g/mol.